The highest BCUT2D eigenvalue weighted by Crippen LogP contribution is 2.36. The molecule has 6 heteroatoms. The Bertz CT molecular complexity index is 952. The van der Waals surface area contributed by atoms with Gasteiger partial charge < -0.3 is 5.11 Å². The maximum Gasteiger partial charge on any atom is 0.266 e. The summed E-state index contributed by atoms with van der Waals surface area (Å²) in [6.07, 6.45) is 3.46. The van der Waals surface area contributed by atoms with E-state index in [0.717, 1.165) is 11.1 Å². The van der Waals surface area contributed by atoms with Crippen LogP contribution in [0.25, 0.3) is 6.08 Å². The van der Waals surface area contributed by atoms with Gasteiger partial charge in [-0.25, -0.2) is 4.99 Å². The molecular formula is C21H19ClN2O2S. The summed E-state index contributed by atoms with van der Waals surface area (Å²) in [7, 11) is 0. The van der Waals surface area contributed by atoms with E-state index in [1.807, 2.05) is 50.2 Å². The third-order valence-electron chi connectivity index (χ3n) is 3.92. The summed E-state index contributed by atoms with van der Waals surface area (Å²) in [5.41, 5.74) is 2.33. The fourth-order valence-corrected chi connectivity index (χ4v) is 3.92. The van der Waals surface area contributed by atoms with Gasteiger partial charge >= 0.3 is 0 Å². The van der Waals surface area contributed by atoms with Crippen molar-refractivity contribution in [3.8, 4) is 5.75 Å². The molecule has 0 atom stereocenters. The summed E-state index contributed by atoms with van der Waals surface area (Å²) in [5, 5.41) is 11.1. The molecule has 4 nitrogen and oxygen atoms in total. The largest absolute Gasteiger partial charge is 0.506 e. The summed E-state index contributed by atoms with van der Waals surface area (Å²) in [6, 6.07) is 14.9. The third-order valence-corrected chi connectivity index (χ3v) is 5.15. The van der Waals surface area contributed by atoms with Crippen LogP contribution in [0.5, 0.6) is 5.75 Å². The monoisotopic (exact) mass is 398 g/mol. The Balaban J connectivity index is 1.90. The topological polar surface area (TPSA) is 52.9 Å². The molecule has 0 aromatic heterocycles. The van der Waals surface area contributed by atoms with Gasteiger partial charge in [-0.2, -0.15) is 0 Å². The Kier molecular flexibility index (Phi) is 6.04. The molecule has 3 rings (SSSR count). The number of hydrogen-bond donors (Lipinski definition) is 1. The molecule has 0 aliphatic carbocycles. The van der Waals surface area contributed by atoms with Gasteiger partial charge in [-0.05, 0) is 61.0 Å². The number of amides is 1. The zero-order valence-corrected chi connectivity index (χ0v) is 16.6. The summed E-state index contributed by atoms with van der Waals surface area (Å²) < 4.78 is 0. The minimum atomic E-state index is -0.146. The van der Waals surface area contributed by atoms with Crippen molar-refractivity contribution in [3.05, 3.63) is 75.7 Å². The summed E-state index contributed by atoms with van der Waals surface area (Å²) in [4.78, 5) is 19.2. The van der Waals surface area contributed by atoms with Gasteiger partial charge in [0, 0.05) is 11.6 Å². The third kappa shape index (κ3) is 4.62. The van der Waals surface area contributed by atoms with Crippen molar-refractivity contribution >= 4 is 46.2 Å². The van der Waals surface area contributed by atoms with Crippen LogP contribution in [-0.2, 0) is 4.79 Å². The lowest BCUT2D eigenvalue weighted by Crippen LogP contribution is -2.28. The van der Waals surface area contributed by atoms with Crippen LogP contribution < -0.4 is 0 Å². The van der Waals surface area contributed by atoms with Gasteiger partial charge in [0.1, 0.15) is 11.4 Å². The fraction of sp³-hybridized carbons (Fsp3) is 0.143. The van der Waals surface area contributed by atoms with Crippen LogP contribution in [0.2, 0.25) is 0 Å². The van der Waals surface area contributed by atoms with Crippen LogP contribution in [0.1, 0.15) is 18.1 Å². The molecule has 1 heterocycles. The fourth-order valence-electron chi connectivity index (χ4n) is 2.58. The molecule has 0 saturated carbocycles. The molecule has 0 unspecified atom stereocenters. The van der Waals surface area contributed by atoms with E-state index in [1.165, 1.54) is 11.8 Å². The molecule has 0 spiro atoms. The molecule has 0 bridgehead atoms. The van der Waals surface area contributed by atoms with E-state index in [0.29, 0.717) is 27.3 Å². The SMILES string of the molecule is CCN1C(=O)/C(=C/C(Cl)=C/c2ccccc2)SC1=Nc1ccc(C)cc1O. The number of aromatic hydroxyl groups is 1. The number of rotatable bonds is 4. The van der Waals surface area contributed by atoms with E-state index in [-0.39, 0.29) is 11.7 Å². The van der Waals surface area contributed by atoms with Crippen molar-refractivity contribution in [1.82, 2.24) is 4.90 Å². The predicted octanol–water partition coefficient (Wildman–Crippen LogP) is 5.45. The van der Waals surface area contributed by atoms with Crippen LogP contribution in [0.15, 0.2) is 69.5 Å². The van der Waals surface area contributed by atoms with E-state index < -0.39 is 0 Å². The number of nitrogens with zero attached hydrogens (tertiary/aromatic N) is 2. The number of amidine groups is 1. The second kappa shape index (κ2) is 8.46. The number of benzene rings is 2. The van der Waals surface area contributed by atoms with Crippen LogP contribution in [0, 0.1) is 6.92 Å². The first kappa shape index (κ1) is 19.3. The first-order chi connectivity index (χ1) is 13.0. The molecule has 1 saturated heterocycles. The lowest BCUT2D eigenvalue weighted by atomic mass is 10.2. The van der Waals surface area contributed by atoms with Gasteiger partial charge in [0.2, 0.25) is 0 Å². The molecule has 1 amide bonds. The minimum absolute atomic E-state index is 0.0889. The number of allylic oxidation sites excluding steroid dienone is 2. The summed E-state index contributed by atoms with van der Waals surface area (Å²) in [5.74, 6) is -0.0569. The number of likely N-dealkylation sites (N-methyl/N-ethyl adjacent to an activating group) is 1. The highest BCUT2D eigenvalue weighted by atomic mass is 35.5. The second-order valence-electron chi connectivity index (χ2n) is 5.99. The number of carbonyl (C=O) groups is 1. The number of thioether (sulfide) groups is 1. The van der Waals surface area contributed by atoms with Crippen LogP contribution >= 0.6 is 23.4 Å². The van der Waals surface area contributed by atoms with E-state index in [9.17, 15) is 9.90 Å². The van der Waals surface area contributed by atoms with E-state index in [4.69, 9.17) is 11.6 Å². The molecule has 1 N–H and O–H groups in total. The van der Waals surface area contributed by atoms with E-state index >= 15 is 0 Å². The Morgan fingerprint density at radius 1 is 1.26 bits per heavy atom. The van der Waals surface area contributed by atoms with Crippen LogP contribution in [-0.4, -0.2) is 27.6 Å². The first-order valence-corrected chi connectivity index (χ1v) is 9.69. The number of aryl methyl sites for hydroxylation is 1. The quantitative estimate of drug-likeness (QED) is 0.697. The Morgan fingerprint density at radius 2 is 2.00 bits per heavy atom. The van der Waals surface area contributed by atoms with Gasteiger partial charge in [0.25, 0.3) is 5.91 Å². The maximum absolute atomic E-state index is 12.7. The number of carbonyl (C=O) groups excluding carboxylic acids is 1. The molecule has 0 radical (unpaired) electrons. The van der Waals surface area contributed by atoms with Gasteiger partial charge in [-0.1, -0.05) is 48.0 Å². The van der Waals surface area contributed by atoms with Crippen molar-refractivity contribution in [2.24, 2.45) is 4.99 Å². The molecule has 2 aromatic carbocycles. The summed E-state index contributed by atoms with van der Waals surface area (Å²) in [6.45, 7) is 4.26. The van der Waals surface area contributed by atoms with Crippen LogP contribution in [0.3, 0.4) is 0 Å². The standard InChI is InChI=1S/C21H19ClN2O2S/c1-3-24-20(26)19(13-16(22)12-15-7-5-4-6-8-15)27-21(24)23-17-10-9-14(2)11-18(17)25/h4-13,25H,3H2,1-2H3/b16-12-,19-13-,23-21?. The number of aliphatic imine (C=N–C) groups is 1. The first-order valence-electron chi connectivity index (χ1n) is 8.50. The second-order valence-corrected chi connectivity index (χ2v) is 7.43. The van der Waals surface area contributed by atoms with Crippen molar-refractivity contribution in [2.75, 3.05) is 6.54 Å². The number of halogens is 1. The normalized spacial score (nSPS) is 18.0. The molecule has 27 heavy (non-hydrogen) atoms. The van der Waals surface area contributed by atoms with Gasteiger partial charge in [-0.3, -0.25) is 9.69 Å². The van der Waals surface area contributed by atoms with Crippen molar-refractivity contribution in [3.63, 3.8) is 0 Å². The zero-order valence-electron chi connectivity index (χ0n) is 15.0. The van der Waals surface area contributed by atoms with Crippen molar-refractivity contribution < 1.29 is 9.90 Å². The Labute approximate surface area is 167 Å². The minimum Gasteiger partial charge on any atom is -0.506 e. The molecule has 2 aromatic rings. The predicted molar refractivity (Wildman–Crippen MR) is 113 cm³/mol. The molecular weight excluding hydrogens is 380 g/mol. The Morgan fingerprint density at radius 3 is 2.67 bits per heavy atom. The van der Waals surface area contributed by atoms with E-state index in [2.05, 4.69) is 4.99 Å². The summed E-state index contributed by atoms with van der Waals surface area (Å²) >= 11 is 7.57. The number of phenols is 1. The number of hydrogen-bond acceptors (Lipinski definition) is 4. The van der Waals surface area contributed by atoms with Crippen LogP contribution in [0.4, 0.5) is 5.69 Å². The van der Waals surface area contributed by atoms with Gasteiger partial charge in [-0.15, -0.1) is 0 Å². The van der Waals surface area contributed by atoms with Gasteiger partial charge in [0.15, 0.2) is 5.17 Å². The Hall–Kier alpha value is -2.50. The molecule has 1 fully saturated rings. The average molecular weight is 399 g/mol. The maximum atomic E-state index is 12.7. The molecule has 1 aliphatic heterocycles. The van der Waals surface area contributed by atoms with Gasteiger partial charge in [0.05, 0.1) is 4.91 Å². The lowest BCUT2D eigenvalue weighted by molar-refractivity contribution is -0.122. The lowest BCUT2D eigenvalue weighted by Gasteiger charge is -2.12. The molecule has 138 valence electrons. The smallest absolute Gasteiger partial charge is 0.266 e. The molecule has 1 aliphatic rings. The van der Waals surface area contributed by atoms with Crippen molar-refractivity contribution in [2.45, 2.75) is 13.8 Å². The zero-order chi connectivity index (χ0) is 19.4. The number of phenolic OH excluding ortho intramolecular Hbond substituents is 1. The highest BCUT2D eigenvalue weighted by molar-refractivity contribution is 8.18. The average Bonchev–Trinajstić information content (AvgIpc) is 2.92. The highest BCUT2D eigenvalue weighted by Gasteiger charge is 2.32. The van der Waals surface area contributed by atoms with Crippen molar-refractivity contribution in [1.29, 1.82) is 0 Å². The van der Waals surface area contributed by atoms with E-state index in [1.54, 1.807) is 29.2 Å².